The minimum atomic E-state index is -4.33. The van der Waals surface area contributed by atoms with E-state index in [0.29, 0.717) is 6.42 Å². The van der Waals surface area contributed by atoms with Crippen molar-refractivity contribution in [2.24, 2.45) is 5.92 Å². The van der Waals surface area contributed by atoms with Gasteiger partial charge in [0.2, 0.25) is 0 Å². The van der Waals surface area contributed by atoms with Crippen molar-refractivity contribution in [2.75, 3.05) is 0 Å². The SMILES string of the molecule is CC(C)(C)OP(=O)(OC(C)(C)C)C(O)C(CCc1ccccc1)C(NC(=O)OCc1ccccc1)C(=O)O. The first-order valence-corrected chi connectivity index (χ1v) is 14.1. The van der Waals surface area contributed by atoms with Crippen LogP contribution in [0.1, 0.15) is 59.1 Å². The van der Waals surface area contributed by atoms with E-state index < -0.39 is 48.7 Å². The minimum absolute atomic E-state index is 0.0616. The topological polar surface area (TPSA) is 131 Å². The quantitative estimate of drug-likeness (QED) is 0.285. The molecule has 2 aromatic carbocycles. The third-order valence-corrected chi connectivity index (χ3v) is 7.93. The largest absolute Gasteiger partial charge is 0.480 e. The first-order valence-electron chi connectivity index (χ1n) is 12.5. The van der Waals surface area contributed by atoms with Crippen molar-refractivity contribution in [3.63, 3.8) is 0 Å². The van der Waals surface area contributed by atoms with Gasteiger partial charge in [0.25, 0.3) is 0 Å². The van der Waals surface area contributed by atoms with E-state index in [1.165, 1.54) is 0 Å². The number of aliphatic hydroxyl groups excluding tert-OH is 1. The molecule has 1 amide bonds. The van der Waals surface area contributed by atoms with Crippen LogP contribution in [0, 0.1) is 5.92 Å². The molecule has 210 valence electrons. The molecule has 0 heterocycles. The van der Waals surface area contributed by atoms with Gasteiger partial charge in [-0.2, -0.15) is 0 Å². The minimum Gasteiger partial charge on any atom is -0.480 e. The summed E-state index contributed by atoms with van der Waals surface area (Å²) in [6.45, 7) is 9.87. The predicted molar refractivity (Wildman–Crippen MR) is 145 cm³/mol. The Morgan fingerprint density at radius 3 is 1.79 bits per heavy atom. The molecule has 0 saturated carbocycles. The Balaban J connectivity index is 2.38. The van der Waals surface area contributed by atoms with Crippen molar-refractivity contribution >= 4 is 19.7 Å². The molecule has 0 saturated heterocycles. The summed E-state index contributed by atoms with van der Waals surface area (Å²) in [6.07, 6.45) is -0.578. The Bertz CT molecular complexity index is 1060. The molecule has 0 aromatic heterocycles. The molecule has 38 heavy (non-hydrogen) atoms. The van der Waals surface area contributed by atoms with Crippen LogP contribution in [0.5, 0.6) is 0 Å². The fourth-order valence-corrected chi connectivity index (χ4v) is 6.40. The Labute approximate surface area is 225 Å². The number of aliphatic carboxylic acids is 1. The number of aryl methyl sites for hydroxylation is 1. The fraction of sp³-hybridized carbons (Fsp3) is 0.500. The molecule has 3 unspecified atom stereocenters. The predicted octanol–water partition coefficient (Wildman–Crippen LogP) is 5.76. The zero-order valence-corrected chi connectivity index (χ0v) is 23.8. The maximum atomic E-state index is 14.1. The van der Waals surface area contributed by atoms with E-state index in [1.807, 2.05) is 36.4 Å². The van der Waals surface area contributed by atoms with Crippen LogP contribution in [0.3, 0.4) is 0 Å². The number of carbonyl (C=O) groups is 2. The summed E-state index contributed by atoms with van der Waals surface area (Å²) < 4.78 is 30.9. The van der Waals surface area contributed by atoms with Gasteiger partial charge >= 0.3 is 19.7 Å². The van der Waals surface area contributed by atoms with E-state index in [9.17, 15) is 24.4 Å². The normalized spacial score (nSPS) is 14.8. The van der Waals surface area contributed by atoms with Gasteiger partial charge in [0.1, 0.15) is 12.6 Å². The van der Waals surface area contributed by atoms with Gasteiger partial charge in [0.15, 0.2) is 5.85 Å². The molecule has 0 fully saturated rings. The third kappa shape index (κ3) is 10.6. The van der Waals surface area contributed by atoms with Crippen LogP contribution >= 0.6 is 7.60 Å². The van der Waals surface area contributed by atoms with E-state index in [4.69, 9.17) is 13.8 Å². The number of ether oxygens (including phenoxy) is 1. The number of aliphatic hydroxyl groups is 1. The summed E-state index contributed by atoms with van der Waals surface area (Å²) >= 11 is 0. The summed E-state index contributed by atoms with van der Waals surface area (Å²) in [5, 5.41) is 24.0. The number of benzene rings is 2. The van der Waals surface area contributed by atoms with Crippen molar-refractivity contribution in [3.05, 3.63) is 71.8 Å². The zero-order valence-electron chi connectivity index (χ0n) is 22.9. The first kappa shape index (κ1) is 31.5. The summed E-state index contributed by atoms with van der Waals surface area (Å²) in [7, 11) is -4.33. The summed E-state index contributed by atoms with van der Waals surface area (Å²) in [4.78, 5) is 25.0. The maximum absolute atomic E-state index is 14.1. The summed E-state index contributed by atoms with van der Waals surface area (Å²) in [5.74, 6) is -4.52. The Kier molecular flexibility index (Phi) is 11.1. The molecule has 0 bridgehead atoms. The third-order valence-electron chi connectivity index (χ3n) is 5.30. The van der Waals surface area contributed by atoms with Crippen molar-refractivity contribution in [1.29, 1.82) is 0 Å². The van der Waals surface area contributed by atoms with Crippen molar-refractivity contribution in [2.45, 2.75) is 84.1 Å². The highest BCUT2D eigenvalue weighted by molar-refractivity contribution is 7.54. The number of carboxylic acids is 1. The van der Waals surface area contributed by atoms with Crippen LogP contribution < -0.4 is 5.32 Å². The van der Waals surface area contributed by atoms with Gasteiger partial charge < -0.3 is 29.3 Å². The molecule has 3 atom stereocenters. The molecule has 10 heteroatoms. The number of amides is 1. The van der Waals surface area contributed by atoms with Crippen molar-refractivity contribution < 1.29 is 38.2 Å². The number of nitrogens with one attached hydrogen (secondary N) is 1. The lowest BCUT2D eigenvalue weighted by Gasteiger charge is -2.38. The number of carbonyl (C=O) groups excluding carboxylic acids is 1. The van der Waals surface area contributed by atoms with Crippen molar-refractivity contribution in [3.8, 4) is 0 Å². The monoisotopic (exact) mass is 549 g/mol. The van der Waals surface area contributed by atoms with Gasteiger partial charge in [0, 0.05) is 5.92 Å². The highest BCUT2D eigenvalue weighted by Gasteiger charge is 2.49. The Morgan fingerprint density at radius 1 is 0.868 bits per heavy atom. The molecule has 0 radical (unpaired) electrons. The maximum Gasteiger partial charge on any atom is 0.408 e. The number of carboxylic acid groups (broad SMARTS) is 1. The van der Waals surface area contributed by atoms with Gasteiger partial charge in [-0.1, -0.05) is 60.7 Å². The van der Waals surface area contributed by atoms with E-state index in [-0.39, 0.29) is 13.0 Å². The number of hydrogen-bond acceptors (Lipinski definition) is 7. The number of rotatable bonds is 12. The van der Waals surface area contributed by atoms with E-state index in [2.05, 4.69) is 5.32 Å². The summed E-state index contributed by atoms with van der Waals surface area (Å²) in [5.41, 5.74) is -0.362. The van der Waals surface area contributed by atoms with Crippen molar-refractivity contribution in [1.82, 2.24) is 5.32 Å². The second kappa shape index (κ2) is 13.4. The molecule has 3 N–H and O–H groups in total. The number of alkyl carbamates (subject to hydrolysis) is 1. The molecule has 2 aromatic rings. The van der Waals surface area contributed by atoms with Gasteiger partial charge in [-0.3, -0.25) is 4.57 Å². The molecular formula is C28H40NO8P. The van der Waals surface area contributed by atoms with E-state index in [1.54, 1.807) is 65.8 Å². The smallest absolute Gasteiger partial charge is 0.408 e. The van der Waals surface area contributed by atoms with Gasteiger partial charge in [-0.25, -0.2) is 9.59 Å². The second-order valence-corrected chi connectivity index (χ2v) is 13.0. The van der Waals surface area contributed by atoms with Gasteiger partial charge in [-0.15, -0.1) is 0 Å². The van der Waals surface area contributed by atoms with Crippen LogP contribution in [0.15, 0.2) is 60.7 Å². The fourth-order valence-electron chi connectivity index (χ4n) is 3.83. The molecule has 0 aliphatic rings. The Hall–Kier alpha value is -2.71. The van der Waals surface area contributed by atoms with Crippen LogP contribution in [0.4, 0.5) is 4.79 Å². The highest BCUT2D eigenvalue weighted by atomic mass is 31.2. The lowest BCUT2D eigenvalue weighted by molar-refractivity contribution is -0.142. The lowest BCUT2D eigenvalue weighted by Crippen LogP contribution is -2.50. The average molecular weight is 550 g/mol. The molecule has 0 aliphatic heterocycles. The average Bonchev–Trinajstić information content (AvgIpc) is 2.80. The van der Waals surface area contributed by atoms with Crippen LogP contribution in [0.2, 0.25) is 0 Å². The Morgan fingerprint density at radius 2 is 1.34 bits per heavy atom. The molecule has 0 aliphatic carbocycles. The van der Waals surface area contributed by atoms with E-state index in [0.717, 1.165) is 11.1 Å². The van der Waals surface area contributed by atoms with Crippen LogP contribution in [0.25, 0.3) is 0 Å². The van der Waals surface area contributed by atoms with Crippen LogP contribution in [-0.2, 0) is 36.2 Å². The standard InChI is InChI=1S/C28H40NO8P/c1-27(2,3)36-38(34,37-28(4,5)6)25(32)22(18-17-20-13-9-7-10-14-20)23(24(30)31)29-26(33)35-19-21-15-11-8-12-16-21/h7-16,22-23,25,32H,17-19H2,1-6H3,(H,29,33)(H,30,31). The first-order chi connectivity index (χ1) is 17.6. The van der Waals surface area contributed by atoms with Gasteiger partial charge in [-0.05, 0) is 65.5 Å². The van der Waals surface area contributed by atoms with E-state index >= 15 is 0 Å². The zero-order chi connectivity index (χ0) is 28.6. The molecule has 9 nitrogen and oxygen atoms in total. The second-order valence-electron chi connectivity index (χ2n) is 11.1. The van der Waals surface area contributed by atoms with Gasteiger partial charge in [0.05, 0.1) is 11.2 Å². The number of hydrogen-bond donors (Lipinski definition) is 3. The highest BCUT2D eigenvalue weighted by Crippen LogP contribution is 2.60. The molecular weight excluding hydrogens is 509 g/mol. The molecule has 0 spiro atoms. The van der Waals surface area contributed by atoms with Crippen LogP contribution in [-0.4, -0.2) is 45.4 Å². The lowest BCUT2D eigenvalue weighted by atomic mass is 9.93. The summed E-state index contributed by atoms with van der Waals surface area (Å²) in [6, 6.07) is 16.5. The molecule has 2 rings (SSSR count).